The zero-order valence-corrected chi connectivity index (χ0v) is 11.5. The van der Waals surface area contributed by atoms with Crippen molar-refractivity contribution in [3.63, 3.8) is 0 Å². The number of halogens is 1. The summed E-state index contributed by atoms with van der Waals surface area (Å²) in [5.41, 5.74) is 0.850. The van der Waals surface area contributed by atoms with Crippen LogP contribution >= 0.6 is 11.6 Å². The minimum atomic E-state index is -2.92. The van der Waals surface area contributed by atoms with E-state index < -0.39 is 9.84 Å². The van der Waals surface area contributed by atoms with Gasteiger partial charge in [0.1, 0.15) is 0 Å². The fourth-order valence-corrected chi connectivity index (χ4v) is 2.95. The average Bonchev–Trinajstić information content (AvgIpc) is 2.26. The second kappa shape index (κ2) is 6.87. The standard InChI is InChI=1S/C12H18ClNO2S/c1-2-3-8-17(15,16)9-7-14-12-6-4-5-11(13)10-12/h4-6,10,14H,2-3,7-9H2,1H3. The maximum atomic E-state index is 11.6. The van der Waals surface area contributed by atoms with Crippen LogP contribution in [0.15, 0.2) is 24.3 Å². The molecule has 0 aliphatic heterocycles. The highest BCUT2D eigenvalue weighted by atomic mass is 35.5. The van der Waals surface area contributed by atoms with Crippen molar-refractivity contribution in [3.05, 3.63) is 29.3 Å². The minimum Gasteiger partial charge on any atom is -0.384 e. The predicted octanol–water partition coefficient (Wildman–Crippen LogP) is 2.97. The monoisotopic (exact) mass is 275 g/mol. The van der Waals surface area contributed by atoms with Gasteiger partial charge in [-0.2, -0.15) is 0 Å². The quantitative estimate of drug-likeness (QED) is 0.832. The van der Waals surface area contributed by atoms with Gasteiger partial charge in [0.05, 0.1) is 11.5 Å². The van der Waals surface area contributed by atoms with E-state index in [2.05, 4.69) is 5.32 Å². The highest BCUT2D eigenvalue weighted by Gasteiger charge is 2.09. The van der Waals surface area contributed by atoms with Crippen LogP contribution in [0.3, 0.4) is 0 Å². The zero-order chi connectivity index (χ0) is 12.7. The second-order valence-electron chi connectivity index (χ2n) is 3.94. The lowest BCUT2D eigenvalue weighted by Gasteiger charge is -2.07. The normalized spacial score (nSPS) is 11.4. The van der Waals surface area contributed by atoms with Crippen LogP contribution in [0, 0.1) is 0 Å². The number of nitrogens with one attached hydrogen (secondary N) is 1. The summed E-state index contributed by atoms with van der Waals surface area (Å²) >= 11 is 5.82. The van der Waals surface area contributed by atoms with E-state index in [1.54, 1.807) is 12.1 Å². The van der Waals surface area contributed by atoms with E-state index in [1.807, 2.05) is 19.1 Å². The third kappa shape index (κ3) is 5.94. The van der Waals surface area contributed by atoms with E-state index in [4.69, 9.17) is 11.6 Å². The average molecular weight is 276 g/mol. The molecular formula is C12H18ClNO2S. The molecule has 1 N–H and O–H groups in total. The van der Waals surface area contributed by atoms with Gasteiger partial charge in [-0.1, -0.05) is 31.0 Å². The molecule has 1 aromatic rings. The number of hydrogen-bond donors (Lipinski definition) is 1. The highest BCUT2D eigenvalue weighted by molar-refractivity contribution is 7.91. The van der Waals surface area contributed by atoms with Crippen molar-refractivity contribution < 1.29 is 8.42 Å². The maximum Gasteiger partial charge on any atom is 0.152 e. The van der Waals surface area contributed by atoms with E-state index in [1.165, 1.54) is 0 Å². The molecule has 0 bridgehead atoms. The van der Waals surface area contributed by atoms with E-state index in [-0.39, 0.29) is 11.5 Å². The summed E-state index contributed by atoms with van der Waals surface area (Å²) in [6, 6.07) is 7.26. The molecule has 17 heavy (non-hydrogen) atoms. The summed E-state index contributed by atoms with van der Waals surface area (Å²) in [6.45, 7) is 2.41. The lowest BCUT2D eigenvalue weighted by Crippen LogP contribution is -2.18. The molecule has 0 saturated carbocycles. The fraction of sp³-hybridized carbons (Fsp3) is 0.500. The Labute approximate surface area is 108 Å². The van der Waals surface area contributed by atoms with Gasteiger partial charge in [-0.3, -0.25) is 0 Å². The van der Waals surface area contributed by atoms with Gasteiger partial charge in [0.2, 0.25) is 0 Å². The number of sulfone groups is 1. The first kappa shape index (κ1) is 14.3. The van der Waals surface area contributed by atoms with Gasteiger partial charge in [-0.25, -0.2) is 8.42 Å². The molecule has 0 amide bonds. The van der Waals surface area contributed by atoms with Gasteiger partial charge in [0.25, 0.3) is 0 Å². The van der Waals surface area contributed by atoms with Gasteiger partial charge in [0, 0.05) is 17.3 Å². The second-order valence-corrected chi connectivity index (χ2v) is 6.68. The van der Waals surface area contributed by atoms with Crippen LogP contribution in [-0.2, 0) is 9.84 Å². The molecule has 0 aliphatic rings. The Kier molecular flexibility index (Phi) is 5.78. The van der Waals surface area contributed by atoms with Crippen molar-refractivity contribution in [1.29, 1.82) is 0 Å². The van der Waals surface area contributed by atoms with Crippen molar-refractivity contribution in [2.75, 3.05) is 23.4 Å². The largest absolute Gasteiger partial charge is 0.384 e. The van der Waals surface area contributed by atoms with E-state index in [0.29, 0.717) is 11.6 Å². The van der Waals surface area contributed by atoms with Gasteiger partial charge in [-0.15, -0.1) is 0 Å². The Morgan fingerprint density at radius 2 is 2.06 bits per heavy atom. The Bertz CT molecular complexity index is 446. The van der Waals surface area contributed by atoms with E-state index in [0.717, 1.165) is 18.5 Å². The van der Waals surface area contributed by atoms with Crippen LogP contribution in [0.5, 0.6) is 0 Å². The van der Waals surface area contributed by atoms with Crippen molar-refractivity contribution >= 4 is 27.1 Å². The summed E-state index contributed by atoms with van der Waals surface area (Å²) in [5.74, 6) is 0.445. The number of benzene rings is 1. The van der Waals surface area contributed by atoms with Crippen molar-refractivity contribution in [2.45, 2.75) is 19.8 Å². The molecule has 0 atom stereocenters. The third-order valence-corrected chi connectivity index (χ3v) is 4.35. The number of anilines is 1. The molecule has 0 unspecified atom stereocenters. The van der Waals surface area contributed by atoms with Crippen LogP contribution in [0.4, 0.5) is 5.69 Å². The Morgan fingerprint density at radius 3 is 2.71 bits per heavy atom. The van der Waals surface area contributed by atoms with E-state index in [9.17, 15) is 8.42 Å². The smallest absolute Gasteiger partial charge is 0.152 e. The first-order chi connectivity index (χ1) is 8.03. The Balaban J connectivity index is 2.37. The first-order valence-electron chi connectivity index (χ1n) is 5.73. The maximum absolute atomic E-state index is 11.6. The first-order valence-corrected chi connectivity index (χ1v) is 7.93. The summed E-state index contributed by atoms with van der Waals surface area (Å²) in [5, 5.41) is 3.70. The molecule has 0 radical (unpaired) electrons. The molecule has 3 nitrogen and oxygen atoms in total. The van der Waals surface area contributed by atoms with Gasteiger partial charge < -0.3 is 5.32 Å². The molecule has 0 saturated heterocycles. The summed E-state index contributed by atoms with van der Waals surface area (Å²) in [6.07, 6.45) is 1.64. The van der Waals surface area contributed by atoms with Crippen molar-refractivity contribution in [1.82, 2.24) is 0 Å². The molecular weight excluding hydrogens is 258 g/mol. The predicted molar refractivity (Wildman–Crippen MR) is 73.5 cm³/mol. The topological polar surface area (TPSA) is 46.2 Å². The molecule has 1 aromatic carbocycles. The minimum absolute atomic E-state index is 0.166. The molecule has 0 fully saturated rings. The van der Waals surface area contributed by atoms with Crippen LogP contribution in [0.1, 0.15) is 19.8 Å². The molecule has 0 heterocycles. The van der Waals surface area contributed by atoms with Gasteiger partial charge in [0.15, 0.2) is 9.84 Å². The summed E-state index contributed by atoms with van der Waals surface area (Å²) in [4.78, 5) is 0. The molecule has 5 heteroatoms. The summed E-state index contributed by atoms with van der Waals surface area (Å²) in [7, 11) is -2.92. The number of rotatable bonds is 7. The van der Waals surface area contributed by atoms with E-state index >= 15 is 0 Å². The van der Waals surface area contributed by atoms with Crippen LogP contribution < -0.4 is 5.32 Å². The lowest BCUT2D eigenvalue weighted by atomic mass is 10.3. The van der Waals surface area contributed by atoms with Gasteiger partial charge >= 0.3 is 0 Å². The van der Waals surface area contributed by atoms with Crippen LogP contribution in [0.25, 0.3) is 0 Å². The number of hydrogen-bond acceptors (Lipinski definition) is 3. The lowest BCUT2D eigenvalue weighted by molar-refractivity contribution is 0.593. The molecule has 1 rings (SSSR count). The molecule has 0 aliphatic carbocycles. The van der Waals surface area contributed by atoms with Gasteiger partial charge in [-0.05, 0) is 24.6 Å². The summed E-state index contributed by atoms with van der Waals surface area (Å²) < 4.78 is 23.2. The zero-order valence-electron chi connectivity index (χ0n) is 9.95. The van der Waals surface area contributed by atoms with Crippen molar-refractivity contribution in [3.8, 4) is 0 Å². The molecule has 0 aromatic heterocycles. The molecule has 96 valence electrons. The fourth-order valence-electron chi connectivity index (χ4n) is 1.42. The third-order valence-electron chi connectivity index (χ3n) is 2.38. The number of unbranched alkanes of at least 4 members (excludes halogenated alkanes) is 1. The highest BCUT2D eigenvalue weighted by Crippen LogP contribution is 2.14. The van der Waals surface area contributed by atoms with Crippen molar-refractivity contribution in [2.24, 2.45) is 0 Å². The molecule has 0 spiro atoms. The Morgan fingerprint density at radius 1 is 1.29 bits per heavy atom. The van der Waals surface area contributed by atoms with Crippen LogP contribution in [-0.4, -0.2) is 26.5 Å². The van der Waals surface area contributed by atoms with Crippen LogP contribution in [0.2, 0.25) is 5.02 Å². The Hall–Kier alpha value is -0.740. The SMILES string of the molecule is CCCCS(=O)(=O)CCNc1cccc(Cl)c1.